The van der Waals surface area contributed by atoms with Crippen LogP contribution in [0.3, 0.4) is 0 Å². The van der Waals surface area contributed by atoms with Crippen molar-refractivity contribution in [3.8, 4) is 11.5 Å². The third kappa shape index (κ3) is 4.14. The highest BCUT2D eigenvalue weighted by Crippen LogP contribution is 2.33. The first-order chi connectivity index (χ1) is 15.2. The van der Waals surface area contributed by atoms with Gasteiger partial charge in [0.05, 0.1) is 31.2 Å². The summed E-state index contributed by atoms with van der Waals surface area (Å²) in [6.07, 6.45) is 2.72. The number of ether oxygens (including phenoxy) is 2. The molecule has 1 aromatic carbocycles. The van der Waals surface area contributed by atoms with Crippen LogP contribution < -0.4 is 15.0 Å². The highest BCUT2D eigenvalue weighted by atomic mass is 32.2. The van der Waals surface area contributed by atoms with Crippen molar-refractivity contribution < 1.29 is 17.9 Å². The number of sulfonamides is 1. The van der Waals surface area contributed by atoms with Gasteiger partial charge in [0.15, 0.2) is 0 Å². The maximum Gasteiger partial charge on any atom is 0.262 e. The molecule has 1 aliphatic rings. The normalized spacial score (nSPS) is 14.7. The van der Waals surface area contributed by atoms with Crippen molar-refractivity contribution in [2.24, 2.45) is 0 Å². The molecular formula is C22H27N3O5S2. The SMILES string of the molecule is COc1cc(CCn2cnc3sc4c(c3c2=O)CCN(S(=O)(=O)C(C)C)C4)cc(OC)c1. The Balaban J connectivity index is 1.62. The van der Waals surface area contributed by atoms with Gasteiger partial charge in [-0.2, -0.15) is 4.31 Å². The van der Waals surface area contributed by atoms with Crippen LogP contribution in [-0.4, -0.2) is 48.3 Å². The molecule has 0 radical (unpaired) electrons. The van der Waals surface area contributed by atoms with Gasteiger partial charge in [0, 0.05) is 30.6 Å². The number of aromatic nitrogens is 2. The molecule has 8 nitrogen and oxygen atoms in total. The maximum atomic E-state index is 13.3. The van der Waals surface area contributed by atoms with Gasteiger partial charge in [-0.1, -0.05) is 0 Å². The van der Waals surface area contributed by atoms with E-state index in [1.54, 1.807) is 39.0 Å². The molecule has 4 rings (SSSR count). The van der Waals surface area contributed by atoms with E-state index in [2.05, 4.69) is 4.98 Å². The quantitative estimate of drug-likeness (QED) is 0.520. The number of rotatable bonds is 7. The number of benzene rings is 1. The van der Waals surface area contributed by atoms with E-state index in [9.17, 15) is 13.2 Å². The molecule has 3 heterocycles. The minimum atomic E-state index is -3.33. The van der Waals surface area contributed by atoms with E-state index in [1.165, 1.54) is 15.6 Å². The molecule has 0 saturated carbocycles. The minimum absolute atomic E-state index is 0.0810. The van der Waals surface area contributed by atoms with Crippen molar-refractivity contribution in [1.29, 1.82) is 0 Å². The molecule has 172 valence electrons. The zero-order valence-corrected chi connectivity index (χ0v) is 20.3. The van der Waals surface area contributed by atoms with E-state index in [1.807, 2.05) is 18.2 Å². The van der Waals surface area contributed by atoms with Crippen molar-refractivity contribution in [3.63, 3.8) is 0 Å². The molecule has 0 aliphatic carbocycles. The lowest BCUT2D eigenvalue weighted by atomic mass is 10.1. The molecule has 0 bridgehead atoms. The number of nitrogens with zero attached hydrogens (tertiary/aromatic N) is 3. The largest absolute Gasteiger partial charge is 0.497 e. The Kier molecular flexibility index (Phi) is 6.28. The van der Waals surface area contributed by atoms with Crippen molar-refractivity contribution in [3.05, 3.63) is 50.9 Å². The smallest absolute Gasteiger partial charge is 0.262 e. The summed E-state index contributed by atoms with van der Waals surface area (Å²) in [5.41, 5.74) is 1.85. The second-order valence-electron chi connectivity index (χ2n) is 8.08. The van der Waals surface area contributed by atoms with Gasteiger partial charge in [-0.15, -0.1) is 11.3 Å². The lowest BCUT2D eigenvalue weighted by molar-refractivity contribution is 0.392. The van der Waals surface area contributed by atoms with Crippen molar-refractivity contribution >= 4 is 31.6 Å². The number of hydrogen-bond acceptors (Lipinski definition) is 7. The molecule has 1 aliphatic heterocycles. The highest BCUT2D eigenvalue weighted by molar-refractivity contribution is 7.89. The van der Waals surface area contributed by atoms with E-state index >= 15 is 0 Å². The molecule has 0 unspecified atom stereocenters. The average molecular weight is 478 g/mol. The van der Waals surface area contributed by atoms with Crippen LogP contribution in [0.2, 0.25) is 0 Å². The predicted molar refractivity (Wildman–Crippen MR) is 125 cm³/mol. The van der Waals surface area contributed by atoms with E-state index in [0.717, 1.165) is 16.0 Å². The first-order valence-corrected chi connectivity index (χ1v) is 12.8. The van der Waals surface area contributed by atoms with Crippen LogP contribution in [0.4, 0.5) is 0 Å². The molecule has 0 fully saturated rings. The Morgan fingerprint density at radius 2 is 1.84 bits per heavy atom. The summed E-state index contributed by atoms with van der Waals surface area (Å²) in [6.45, 7) is 4.54. The fourth-order valence-electron chi connectivity index (χ4n) is 3.93. The van der Waals surface area contributed by atoms with Crippen molar-refractivity contribution in [2.45, 2.75) is 45.0 Å². The van der Waals surface area contributed by atoms with E-state index in [-0.39, 0.29) is 5.56 Å². The zero-order chi connectivity index (χ0) is 23.0. The summed E-state index contributed by atoms with van der Waals surface area (Å²) in [7, 11) is -0.123. The van der Waals surface area contributed by atoms with Gasteiger partial charge in [0.1, 0.15) is 16.3 Å². The maximum absolute atomic E-state index is 13.3. The summed E-state index contributed by atoms with van der Waals surface area (Å²) in [5.74, 6) is 1.40. The van der Waals surface area contributed by atoms with Crippen LogP contribution in [0.1, 0.15) is 29.9 Å². The lowest BCUT2D eigenvalue weighted by Gasteiger charge is -2.27. The van der Waals surface area contributed by atoms with Crippen LogP contribution in [0.25, 0.3) is 10.2 Å². The van der Waals surface area contributed by atoms with E-state index in [0.29, 0.717) is 54.2 Å². The van der Waals surface area contributed by atoms with Gasteiger partial charge in [-0.25, -0.2) is 13.4 Å². The monoisotopic (exact) mass is 477 g/mol. The first kappa shape index (κ1) is 22.8. The molecule has 3 aromatic rings. The number of aryl methyl sites for hydroxylation is 2. The van der Waals surface area contributed by atoms with Crippen LogP contribution in [0.5, 0.6) is 11.5 Å². The average Bonchev–Trinajstić information content (AvgIpc) is 3.16. The molecule has 0 saturated heterocycles. The van der Waals surface area contributed by atoms with Crippen LogP contribution in [0.15, 0.2) is 29.3 Å². The molecule has 0 N–H and O–H groups in total. The van der Waals surface area contributed by atoms with Crippen LogP contribution >= 0.6 is 11.3 Å². The highest BCUT2D eigenvalue weighted by Gasteiger charge is 2.32. The Bertz CT molecular complexity index is 1290. The molecule has 0 amide bonds. The zero-order valence-electron chi connectivity index (χ0n) is 18.6. The second-order valence-corrected chi connectivity index (χ2v) is 11.6. The Morgan fingerprint density at radius 1 is 1.16 bits per heavy atom. The molecule has 2 aromatic heterocycles. The Morgan fingerprint density at radius 3 is 2.47 bits per heavy atom. The van der Waals surface area contributed by atoms with Gasteiger partial charge >= 0.3 is 0 Å². The fraction of sp³-hybridized carbons (Fsp3) is 0.455. The van der Waals surface area contributed by atoms with Crippen LogP contribution in [0, 0.1) is 0 Å². The summed E-state index contributed by atoms with van der Waals surface area (Å²) < 4.78 is 38.9. The summed E-state index contributed by atoms with van der Waals surface area (Å²) in [4.78, 5) is 19.4. The van der Waals surface area contributed by atoms with Gasteiger partial charge < -0.3 is 9.47 Å². The molecule has 10 heteroatoms. The second kappa shape index (κ2) is 8.84. The van der Waals surface area contributed by atoms with Crippen LogP contribution in [-0.2, 0) is 36.0 Å². The third-order valence-electron chi connectivity index (χ3n) is 5.80. The minimum Gasteiger partial charge on any atom is -0.497 e. The molecule has 32 heavy (non-hydrogen) atoms. The number of fused-ring (bicyclic) bond motifs is 3. The van der Waals surface area contributed by atoms with Crippen molar-refractivity contribution in [2.75, 3.05) is 20.8 Å². The lowest BCUT2D eigenvalue weighted by Crippen LogP contribution is -2.39. The van der Waals surface area contributed by atoms with Gasteiger partial charge in [0.25, 0.3) is 5.56 Å². The topological polar surface area (TPSA) is 90.7 Å². The Hall–Kier alpha value is -2.43. The number of thiophene rings is 1. The summed E-state index contributed by atoms with van der Waals surface area (Å²) in [6, 6.07) is 5.66. The summed E-state index contributed by atoms with van der Waals surface area (Å²) >= 11 is 1.41. The summed E-state index contributed by atoms with van der Waals surface area (Å²) in [5, 5.41) is 0.154. The Labute approximate surface area is 191 Å². The molecule has 0 atom stereocenters. The van der Waals surface area contributed by atoms with Gasteiger partial charge in [-0.05, 0) is 49.9 Å². The molecule has 0 spiro atoms. The molecular weight excluding hydrogens is 450 g/mol. The number of methoxy groups -OCH3 is 2. The first-order valence-electron chi connectivity index (χ1n) is 10.4. The third-order valence-corrected chi connectivity index (χ3v) is 9.15. The van der Waals surface area contributed by atoms with Gasteiger partial charge in [0.2, 0.25) is 10.0 Å². The van der Waals surface area contributed by atoms with E-state index in [4.69, 9.17) is 9.47 Å². The standard InChI is InChI=1S/C22H27N3O5S2/c1-14(2)32(27,28)25-8-6-18-19(12-25)31-21-20(18)22(26)24(13-23-21)7-5-15-9-16(29-3)11-17(10-15)30-4/h9-11,13-14H,5-8,12H2,1-4H3. The predicted octanol–water partition coefficient (Wildman–Crippen LogP) is 2.81. The van der Waals surface area contributed by atoms with Gasteiger partial charge in [-0.3, -0.25) is 9.36 Å². The number of hydrogen-bond donors (Lipinski definition) is 0. The van der Waals surface area contributed by atoms with E-state index < -0.39 is 15.3 Å². The van der Waals surface area contributed by atoms with Crippen molar-refractivity contribution in [1.82, 2.24) is 13.9 Å². The fourth-order valence-corrected chi connectivity index (χ4v) is 6.46.